The quantitative estimate of drug-likeness (QED) is 0.609. The molecule has 33 heavy (non-hydrogen) atoms. The Morgan fingerprint density at radius 2 is 1.76 bits per heavy atom. The first-order valence-electron chi connectivity index (χ1n) is 11.0. The lowest BCUT2D eigenvalue weighted by Gasteiger charge is -2.42. The number of carbonyl (C=O) groups excluding carboxylic acids is 2. The van der Waals surface area contributed by atoms with E-state index < -0.39 is 11.9 Å². The number of likely N-dealkylation sites (N-methyl/N-ethyl adjacent to an activating group) is 1. The van der Waals surface area contributed by atoms with Crippen molar-refractivity contribution in [3.63, 3.8) is 0 Å². The maximum Gasteiger partial charge on any atom is 0.334 e. The first-order valence-corrected chi connectivity index (χ1v) is 11.0. The van der Waals surface area contributed by atoms with Crippen LogP contribution in [0.5, 0.6) is 11.5 Å². The van der Waals surface area contributed by atoms with Crippen molar-refractivity contribution in [1.29, 1.82) is 0 Å². The number of hydrogen-bond donors (Lipinski definition) is 0. The van der Waals surface area contributed by atoms with Crippen LogP contribution in [0.2, 0.25) is 0 Å². The highest BCUT2D eigenvalue weighted by Crippen LogP contribution is 2.47. The number of nitrogens with zero attached hydrogens (tertiary/aromatic N) is 2. The summed E-state index contributed by atoms with van der Waals surface area (Å²) < 4.78 is 11.4. The summed E-state index contributed by atoms with van der Waals surface area (Å²) in [4.78, 5) is 30.0. The summed E-state index contributed by atoms with van der Waals surface area (Å²) in [6.45, 7) is 8.02. The Balaban J connectivity index is 1.85. The Hall–Kier alpha value is -3.80. The lowest BCUT2D eigenvalue weighted by molar-refractivity contribution is -0.138. The monoisotopic (exact) mass is 444 g/mol. The molecule has 6 nitrogen and oxygen atoms in total. The molecule has 0 saturated carbocycles. The average molecular weight is 445 g/mol. The highest BCUT2D eigenvalue weighted by molar-refractivity contribution is 6.03. The van der Waals surface area contributed by atoms with E-state index in [0.717, 1.165) is 16.8 Å². The van der Waals surface area contributed by atoms with Gasteiger partial charge in [-0.3, -0.25) is 9.69 Å². The number of esters is 1. The fourth-order valence-electron chi connectivity index (χ4n) is 4.44. The summed E-state index contributed by atoms with van der Waals surface area (Å²) in [7, 11) is 3.60. The Bertz CT molecular complexity index is 1180. The molecule has 0 N–H and O–H groups in total. The molecule has 1 amide bonds. The summed E-state index contributed by atoms with van der Waals surface area (Å²) in [6.07, 6.45) is 0.481. The number of allylic oxidation sites excluding steroid dienone is 1. The average Bonchev–Trinajstić information content (AvgIpc) is 2.81. The van der Waals surface area contributed by atoms with Gasteiger partial charge in [-0.25, -0.2) is 4.79 Å². The van der Waals surface area contributed by atoms with Crippen LogP contribution in [0.25, 0.3) is 0 Å². The van der Waals surface area contributed by atoms with Crippen molar-refractivity contribution in [1.82, 2.24) is 9.80 Å². The van der Waals surface area contributed by atoms with Crippen LogP contribution in [0.15, 0.2) is 89.4 Å². The summed E-state index contributed by atoms with van der Waals surface area (Å²) in [5.74, 6) is 0.801. The zero-order valence-electron chi connectivity index (χ0n) is 19.4. The van der Waals surface area contributed by atoms with Gasteiger partial charge in [0.25, 0.3) is 5.91 Å². The van der Waals surface area contributed by atoms with Gasteiger partial charge in [0.15, 0.2) is 0 Å². The van der Waals surface area contributed by atoms with E-state index in [1.807, 2.05) is 73.5 Å². The van der Waals surface area contributed by atoms with Crippen LogP contribution in [0.3, 0.4) is 0 Å². The molecule has 1 heterocycles. The number of rotatable bonds is 5. The van der Waals surface area contributed by atoms with E-state index in [0.29, 0.717) is 34.9 Å². The van der Waals surface area contributed by atoms with Crippen LogP contribution in [-0.4, -0.2) is 42.4 Å². The van der Waals surface area contributed by atoms with E-state index in [2.05, 4.69) is 6.58 Å². The van der Waals surface area contributed by atoms with Gasteiger partial charge in [-0.1, -0.05) is 42.5 Å². The Morgan fingerprint density at radius 1 is 1.06 bits per heavy atom. The van der Waals surface area contributed by atoms with Crippen LogP contribution in [0, 0.1) is 0 Å². The van der Waals surface area contributed by atoms with E-state index >= 15 is 0 Å². The first-order chi connectivity index (χ1) is 15.8. The van der Waals surface area contributed by atoms with Crippen molar-refractivity contribution in [2.45, 2.75) is 26.2 Å². The summed E-state index contributed by atoms with van der Waals surface area (Å²) in [5.41, 5.74) is 3.60. The van der Waals surface area contributed by atoms with Crippen molar-refractivity contribution < 1.29 is 19.1 Å². The van der Waals surface area contributed by atoms with E-state index in [1.54, 1.807) is 14.0 Å². The molecule has 2 aliphatic rings. The molecule has 1 atom stereocenters. The number of para-hydroxylation sites is 1. The third-order valence-electron chi connectivity index (χ3n) is 6.16. The van der Waals surface area contributed by atoms with Crippen LogP contribution < -0.4 is 4.74 Å². The highest BCUT2D eigenvalue weighted by Gasteiger charge is 2.43. The Labute approximate surface area is 194 Å². The van der Waals surface area contributed by atoms with Crippen molar-refractivity contribution in [2.24, 2.45) is 0 Å². The van der Waals surface area contributed by atoms with Gasteiger partial charge in [-0.2, -0.15) is 0 Å². The van der Waals surface area contributed by atoms with Crippen LogP contribution in [0.1, 0.15) is 31.7 Å². The SMILES string of the molecule is C=C1N(C)C(=O)C2=C(CC(C)=C(C(=O)OCC)C2c2cccc(Oc3ccccc3)c2)N1C. The molecule has 0 aromatic heterocycles. The topological polar surface area (TPSA) is 59.1 Å². The van der Waals surface area contributed by atoms with E-state index in [1.165, 1.54) is 4.90 Å². The molecule has 6 heteroatoms. The molecule has 0 fully saturated rings. The van der Waals surface area contributed by atoms with Gasteiger partial charge in [0.1, 0.15) is 17.3 Å². The predicted octanol–water partition coefficient (Wildman–Crippen LogP) is 4.97. The molecule has 0 radical (unpaired) electrons. The van der Waals surface area contributed by atoms with Crippen molar-refractivity contribution >= 4 is 11.9 Å². The zero-order chi connectivity index (χ0) is 23.7. The first kappa shape index (κ1) is 22.4. The minimum atomic E-state index is -0.572. The zero-order valence-corrected chi connectivity index (χ0v) is 19.4. The molecule has 4 rings (SSSR count). The van der Waals surface area contributed by atoms with Crippen molar-refractivity contribution in [2.75, 3.05) is 20.7 Å². The maximum atomic E-state index is 13.5. The van der Waals surface area contributed by atoms with E-state index in [-0.39, 0.29) is 12.5 Å². The van der Waals surface area contributed by atoms with Gasteiger partial charge in [-0.15, -0.1) is 0 Å². The third kappa shape index (κ3) is 4.04. The second kappa shape index (κ2) is 8.98. The molecule has 1 aliphatic heterocycles. The van der Waals surface area contributed by atoms with Gasteiger partial charge in [0, 0.05) is 43.3 Å². The van der Waals surface area contributed by atoms with Gasteiger partial charge < -0.3 is 14.4 Å². The van der Waals surface area contributed by atoms with Crippen molar-refractivity contribution in [3.8, 4) is 11.5 Å². The fraction of sp³-hybridized carbons (Fsp3) is 0.259. The summed E-state index contributed by atoms with van der Waals surface area (Å²) in [5, 5.41) is 0. The largest absolute Gasteiger partial charge is 0.463 e. The number of carbonyl (C=O) groups is 2. The lowest BCUT2D eigenvalue weighted by Crippen LogP contribution is -2.44. The smallest absolute Gasteiger partial charge is 0.334 e. The fourth-order valence-corrected chi connectivity index (χ4v) is 4.44. The molecule has 2 aromatic rings. The minimum absolute atomic E-state index is 0.165. The van der Waals surface area contributed by atoms with Gasteiger partial charge in [-0.05, 0) is 43.7 Å². The van der Waals surface area contributed by atoms with Crippen LogP contribution in [-0.2, 0) is 14.3 Å². The molecule has 1 aliphatic carbocycles. The van der Waals surface area contributed by atoms with Crippen molar-refractivity contribution in [3.05, 3.63) is 95.0 Å². The van der Waals surface area contributed by atoms with Gasteiger partial charge >= 0.3 is 5.97 Å². The molecular weight excluding hydrogens is 416 g/mol. The van der Waals surface area contributed by atoms with E-state index in [4.69, 9.17) is 9.47 Å². The highest BCUT2D eigenvalue weighted by atomic mass is 16.5. The third-order valence-corrected chi connectivity index (χ3v) is 6.16. The molecule has 170 valence electrons. The summed E-state index contributed by atoms with van der Waals surface area (Å²) in [6, 6.07) is 17.0. The van der Waals surface area contributed by atoms with Crippen LogP contribution in [0.4, 0.5) is 0 Å². The summed E-state index contributed by atoms with van der Waals surface area (Å²) >= 11 is 0. The second-order valence-electron chi connectivity index (χ2n) is 8.21. The normalized spacial score (nSPS) is 18.5. The number of hydrogen-bond acceptors (Lipinski definition) is 5. The molecule has 2 aromatic carbocycles. The molecule has 0 bridgehead atoms. The lowest BCUT2D eigenvalue weighted by atomic mass is 9.75. The minimum Gasteiger partial charge on any atom is -0.463 e. The predicted molar refractivity (Wildman–Crippen MR) is 126 cm³/mol. The molecule has 0 saturated heterocycles. The molecule has 0 spiro atoms. The number of amides is 1. The second-order valence-corrected chi connectivity index (χ2v) is 8.21. The Kier molecular flexibility index (Phi) is 6.09. The van der Waals surface area contributed by atoms with Crippen LogP contribution >= 0.6 is 0 Å². The van der Waals surface area contributed by atoms with Gasteiger partial charge in [0.05, 0.1) is 6.61 Å². The standard InChI is InChI=1S/C27H28N2O4/c1-6-32-27(31)23-17(2)15-22-25(26(30)29(5)18(3)28(22)4)24(23)19-11-10-14-21(16-19)33-20-12-8-7-9-13-20/h7-14,16,24H,3,6,15H2,1-2,4-5H3. The molecule has 1 unspecified atom stereocenters. The molecular formula is C27H28N2O4. The number of benzene rings is 2. The maximum absolute atomic E-state index is 13.5. The van der Waals surface area contributed by atoms with Gasteiger partial charge in [0.2, 0.25) is 0 Å². The van der Waals surface area contributed by atoms with E-state index in [9.17, 15) is 9.59 Å². The number of ether oxygens (including phenoxy) is 2. The Morgan fingerprint density at radius 3 is 2.45 bits per heavy atom.